The van der Waals surface area contributed by atoms with Crippen LogP contribution >= 0.6 is 0 Å². The molecule has 3 heterocycles. The molecule has 12 aromatic rings. The van der Waals surface area contributed by atoms with Crippen molar-refractivity contribution < 1.29 is 0 Å². The van der Waals surface area contributed by atoms with Gasteiger partial charge >= 0.3 is 0 Å². The van der Waals surface area contributed by atoms with Crippen molar-refractivity contribution in [1.82, 2.24) is 15.0 Å². The Morgan fingerprint density at radius 3 is 1.51 bits per heavy atom. The summed E-state index contributed by atoms with van der Waals surface area (Å²) in [5.74, 6) is 0.720. The first-order valence-electron chi connectivity index (χ1n) is 23.3. The lowest BCUT2D eigenvalue weighted by Crippen LogP contribution is -2.36. The van der Waals surface area contributed by atoms with Crippen LogP contribution in [0.1, 0.15) is 22.3 Å². The standard InChI is InChI=1S/C64H40N4/c1-4-18-42(19-5-1)62-52-40-60-56(39-51(52)49-26-12-16-30-57(49)65-62)64(53-28-14-10-24-47(53)48-25-11-15-29-54(48)64)55-38-45(36-37-59(55)68(60)46-22-8-3-9-23-46)41-32-34-43(35-33-41)61-50-27-13-17-31-58(50)66-63(67-61)44-20-6-2-7-21-44/h1-40H. The molecule has 0 saturated heterocycles. The van der Waals surface area contributed by atoms with E-state index in [0.717, 1.165) is 89.3 Å². The SMILES string of the molecule is c1ccc(-c2nc(-c3ccc(-c4ccc5c(c4)C4(c6ccccc6-c6ccccc64)c4cc6c(cc4N5c4ccccc4)c(-c4ccccc4)nc4ccccc46)cc3)c3ccccc3n2)cc1. The van der Waals surface area contributed by atoms with Crippen LogP contribution in [0.15, 0.2) is 243 Å². The van der Waals surface area contributed by atoms with Crippen molar-refractivity contribution in [2.24, 2.45) is 0 Å². The third kappa shape index (κ3) is 5.64. The summed E-state index contributed by atoms with van der Waals surface area (Å²) in [6.45, 7) is 0. The van der Waals surface area contributed by atoms with Crippen LogP contribution in [0.2, 0.25) is 0 Å². The molecule has 10 aromatic carbocycles. The minimum atomic E-state index is -0.654. The maximum absolute atomic E-state index is 5.40. The lowest BCUT2D eigenvalue weighted by molar-refractivity contribution is 0.754. The fourth-order valence-corrected chi connectivity index (χ4v) is 11.3. The van der Waals surface area contributed by atoms with E-state index in [0.29, 0.717) is 0 Å². The Bertz CT molecular complexity index is 3910. The summed E-state index contributed by atoms with van der Waals surface area (Å²) < 4.78 is 0. The maximum atomic E-state index is 5.40. The van der Waals surface area contributed by atoms with Crippen LogP contribution in [-0.2, 0) is 5.41 Å². The number of fused-ring (bicyclic) bond motifs is 13. The topological polar surface area (TPSA) is 41.9 Å². The summed E-state index contributed by atoms with van der Waals surface area (Å²) in [5, 5.41) is 4.47. The van der Waals surface area contributed by atoms with E-state index in [1.807, 2.05) is 24.3 Å². The molecule has 4 heteroatoms. The van der Waals surface area contributed by atoms with Gasteiger partial charge in [-0.15, -0.1) is 0 Å². The predicted molar refractivity (Wildman–Crippen MR) is 280 cm³/mol. The van der Waals surface area contributed by atoms with Crippen LogP contribution < -0.4 is 4.90 Å². The number of pyridine rings is 1. The fourth-order valence-electron chi connectivity index (χ4n) is 11.3. The van der Waals surface area contributed by atoms with Gasteiger partial charge in [-0.3, -0.25) is 0 Å². The summed E-state index contributed by atoms with van der Waals surface area (Å²) in [6.07, 6.45) is 0. The van der Waals surface area contributed by atoms with Crippen molar-refractivity contribution in [3.8, 4) is 56.2 Å². The molecular weight excluding hydrogens is 825 g/mol. The molecule has 0 saturated carbocycles. The Balaban J connectivity index is 1.04. The average molecular weight is 865 g/mol. The summed E-state index contributed by atoms with van der Waals surface area (Å²) in [7, 11) is 0. The third-order valence-corrected chi connectivity index (χ3v) is 14.2. The summed E-state index contributed by atoms with van der Waals surface area (Å²) in [5.41, 5.74) is 19.5. The molecule has 1 aliphatic carbocycles. The van der Waals surface area contributed by atoms with Gasteiger partial charge in [0.25, 0.3) is 0 Å². The van der Waals surface area contributed by atoms with E-state index in [-0.39, 0.29) is 0 Å². The molecule has 4 nitrogen and oxygen atoms in total. The average Bonchev–Trinajstić information content (AvgIpc) is 3.71. The van der Waals surface area contributed by atoms with Crippen LogP contribution in [0.4, 0.5) is 17.1 Å². The molecule has 0 fully saturated rings. The molecule has 2 aliphatic rings. The van der Waals surface area contributed by atoms with Crippen LogP contribution in [-0.4, -0.2) is 15.0 Å². The van der Waals surface area contributed by atoms with Gasteiger partial charge in [0.05, 0.1) is 39.2 Å². The Labute approximate surface area is 394 Å². The maximum Gasteiger partial charge on any atom is 0.160 e. The summed E-state index contributed by atoms with van der Waals surface area (Å²) in [4.78, 5) is 18.1. The van der Waals surface area contributed by atoms with E-state index in [1.54, 1.807) is 0 Å². The van der Waals surface area contributed by atoms with Crippen molar-refractivity contribution in [3.05, 3.63) is 265 Å². The lowest BCUT2D eigenvalue weighted by Gasteiger charge is -2.45. The first-order valence-corrected chi connectivity index (χ1v) is 23.3. The van der Waals surface area contributed by atoms with Gasteiger partial charge in [-0.05, 0) is 98.4 Å². The first kappa shape index (κ1) is 38.3. The van der Waals surface area contributed by atoms with E-state index >= 15 is 0 Å². The molecule has 316 valence electrons. The molecule has 1 spiro atoms. The van der Waals surface area contributed by atoms with Crippen molar-refractivity contribution in [2.45, 2.75) is 5.41 Å². The van der Waals surface area contributed by atoms with Gasteiger partial charge in [0, 0.05) is 38.5 Å². The van der Waals surface area contributed by atoms with E-state index in [4.69, 9.17) is 15.0 Å². The number of para-hydroxylation sites is 3. The van der Waals surface area contributed by atoms with Crippen molar-refractivity contribution >= 4 is 49.6 Å². The second-order valence-electron chi connectivity index (χ2n) is 17.9. The van der Waals surface area contributed by atoms with E-state index in [9.17, 15) is 0 Å². The predicted octanol–water partition coefficient (Wildman–Crippen LogP) is 16.1. The molecule has 0 N–H and O–H groups in total. The Hall–Kier alpha value is -8.99. The summed E-state index contributed by atoms with van der Waals surface area (Å²) in [6, 6.07) is 87.8. The Kier molecular flexibility index (Phi) is 8.46. The Morgan fingerprint density at radius 2 is 0.809 bits per heavy atom. The molecule has 2 aromatic heterocycles. The monoisotopic (exact) mass is 864 g/mol. The van der Waals surface area contributed by atoms with Crippen molar-refractivity contribution in [3.63, 3.8) is 0 Å². The van der Waals surface area contributed by atoms with E-state index in [1.165, 1.54) is 38.8 Å². The van der Waals surface area contributed by atoms with Gasteiger partial charge in [-0.1, -0.05) is 194 Å². The normalized spacial score (nSPS) is 13.1. The van der Waals surface area contributed by atoms with Crippen LogP contribution in [0.25, 0.3) is 88.7 Å². The Morgan fingerprint density at radius 1 is 0.294 bits per heavy atom. The number of rotatable bonds is 5. The zero-order valence-corrected chi connectivity index (χ0v) is 36.9. The molecule has 1 aliphatic heterocycles. The highest BCUT2D eigenvalue weighted by Crippen LogP contribution is 2.64. The van der Waals surface area contributed by atoms with E-state index in [2.05, 4.69) is 223 Å². The first-order chi connectivity index (χ1) is 33.7. The fraction of sp³-hybridized carbons (Fsp3) is 0.0156. The largest absolute Gasteiger partial charge is 0.310 e. The number of anilines is 3. The van der Waals surface area contributed by atoms with Crippen molar-refractivity contribution in [1.29, 1.82) is 0 Å². The van der Waals surface area contributed by atoms with Gasteiger partial charge in [-0.2, -0.15) is 0 Å². The smallest absolute Gasteiger partial charge is 0.160 e. The van der Waals surface area contributed by atoms with Gasteiger partial charge in [0.1, 0.15) is 0 Å². The van der Waals surface area contributed by atoms with Gasteiger partial charge in [-0.25, -0.2) is 15.0 Å². The quantitative estimate of drug-likeness (QED) is 0.162. The third-order valence-electron chi connectivity index (χ3n) is 14.2. The lowest BCUT2D eigenvalue weighted by atomic mass is 9.64. The van der Waals surface area contributed by atoms with Gasteiger partial charge in [0.15, 0.2) is 5.82 Å². The zero-order valence-electron chi connectivity index (χ0n) is 36.9. The highest BCUT2D eigenvalue weighted by Gasteiger charge is 2.52. The van der Waals surface area contributed by atoms with Gasteiger partial charge in [0.2, 0.25) is 0 Å². The molecule has 0 bridgehead atoms. The van der Waals surface area contributed by atoms with Crippen molar-refractivity contribution in [2.75, 3.05) is 4.90 Å². The molecule has 0 atom stereocenters. The zero-order chi connectivity index (χ0) is 44.8. The highest BCUT2D eigenvalue weighted by atomic mass is 15.2. The van der Waals surface area contributed by atoms with Crippen LogP contribution in [0, 0.1) is 0 Å². The van der Waals surface area contributed by atoms with Crippen LogP contribution in [0.5, 0.6) is 0 Å². The molecular formula is C64H40N4. The molecule has 0 unspecified atom stereocenters. The second kappa shape index (κ2) is 15.0. The highest BCUT2D eigenvalue weighted by molar-refractivity contribution is 6.14. The molecule has 14 rings (SSSR count). The number of aromatic nitrogens is 3. The van der Waals surface area contributed by atoms with Crippen LogP contribution in [0.3, 0.4) is 0 Å². The van der Waals surface area contributed by atoms with Gasteiger partial charge < -0.3 is 4.90 Å². The number of benzene rings is 10. The number of hydrogen-bond acceptors (Lipinski definition) is 4. The summed E-state index contributed by atoms with van der Waals surface area (Å²) >= 11 is 0. The second-order valence-corrected chi connectivity index (χ2v) is 17.9. The molecule has 68 heavy (non-hydrogen) atoms. The number of hydrogen-bond donors (Lipinski definition) is 0. The molecule has 0 radical (unpaired) electrons. The number of nitrogens with zero attached hydrogens (tertiary/aromatic N) is 4. The van der Waals surface area contributed by atoms with E-state index < -0.39 is 5.41 Å². The molecule has 0 amide bonds. The minimum Gasteiger partial charge on any atom is -0.310 e. The minimum absolute atomic E-state index is 0.654.